The summed E-state index contributed by atoms with van der Waals surface area (Å²) in [6.45, 7) is 0. The third kappa shape index (κ3) is 2.28. The van der Waals surface area contributed by atoms with Crippen LogP contribution in [0.3, 0.4) is 0 Å². The molecule has 3 rings (SSSR count). The van der Waals surface area contributed by atoms with Crippen molar-refractivity contribution in [2.24, 2.45) is 5.92 Å². The molecule has 1 N–H and O–H groups in total. The van der Waals surface area contributed by atoms with Crippen LogP contribution in [-0.4, -0.2) is 11.8 Å². The molecule has 1 heterocycles. The average molecular weight is 258 g/mol. The predicted molar refractivity (Wildman–Crippen MR) is 75.2 cm³/mol. The molecule has 3 heteroatoms. The lowest BCUT2D eigenvalue weighted by atomic mass is 9.99. The Labute approximate surface area is 113 Å². The van der Waals surface area contributed by atoms with Crippen molar-refractivity contribution < 1.29 is 0 Å². The van der Waals surface area contributed by atoms with Gasteiger partial charge in [0.05, 0.1) is 12.0 Å². The number of hydrogen-bond donors (Lipinski definition) is 1. The largest absolute Gasteiger partial charge is 0.305 e. The minimum Gasteiger partial charge on any atom is -0.305 e. The summed E-state index contributed by atoms with van der Waals surface area (Å²) >= 11 is 1.99. The van der Waals surface area contributed by atoms with Crippen molar-refractivity contribution in [2.45, 2.75) is 37.1 Å². The standard InChI is InChI=1S/C15H18N2S/c16-8-11-5-3-7-14(11)17-15-10-18-9-12-4-1-2-6-13(12)15/h1-2,4,6,11,14-15,17H,3,5,7,9-10H2. The molecule has 1 aromatic carbocycles. The number of nitrogens with one attached hydrogen (secondary N) is 1. The van der Waals surface area contributed by atoms with Crippen molar-refractivity contribution in [2.75, 3.05) is 5.75 Å². The summed E-state index contributed by atoms with van der Waals surface area (Å²) in [5.74, 6) is 2.47. The number of thioether (sulfide) groups is 1. The van der Waals surface area contributed by atoms with Crippen LogP contribution in [0.25, 0.3) is 0 Å². The number of nitriles is 1. The van der Waals surface area contributed by atoms with Gasteiger partial charge < -0.3 is 5.32 Å². The zero-order valence-electron chi connectivity index (χ0n) is 10.4. The van der Waals surface area contributed by atoms with Gasteiger partial charge in [-0.15, -0.1) is 0 Å². The number of rotatable bonds is 2. The second-order valence-corrected chi connectivity index (χ2v) is 6.24. The monoisotopic (exact) mass is 258 g/mol. The van der Waals surface area contributed by atoms with Gasteiger partial charge in [-0.3, -0.25) is 0 Å². The molecule has 0 spiro atoms. The molecule has 3 unspecified atom stereocenters. The molecule has 1 saturated carbocycles. The lowest BCUT2D eigenvalue weighted by Crippen LogP contribution is -2.37. The van der Waals surface area contributed by atoms with Gasteiger partial charge in [-0.1, -0.05) is 30.7 Å². The lowest BCUT2D eigenvalue weighted by Gasteiger charge is -2.29. The summed E-state index contributed by atoms with van der Waals surface area (Å²) in [7, 11) is 0. The fourth-order valence-corrected chi connectivity index (χ4v) is 4.20. The van der Waals surface area contributed by atoms with Gasteiger partial charge in [-0.05, 0) is 24.0 Å². The molecular weight excluding hydrogens is 240 g/mol. The molecular formula is C15H18N2S. The molecule has 1 aliphatic carbocycles. The molecule has 0 aromatic heterocycles. The Morgan fingerprint density at radius 2 is 2.17 bits per heavy atom. The van der Waals surface area contributed by atoms with E-state index in [1.807, 2.05) is 11.8 Å². The molecule has 2 nitrogen and oxygen atoms in total. The molecule has 0 saturated heterocycles. The SMILES string of the molecule is N#CC1CCCC1NC1CSCc2ccccc21. The second-order valence-electron chi connectivity index (χ2n) is 5.21. The molecule has 0 radical (unpaired) electrons. The van der Waals surface area contributed by atoms with Gasteiger partial charge in [-0.25, -0.2) is 0 Å². The van der Waals surface area contributed by atoms with Crippen molar-refractivity contribution in [3.63, 3.8) is 0 Å². The van der Waals surface area contributed by atoms with Crippen LogP contribution in [0.15, 0.2) is 24.3 Å². The number of benzene rings is 1. The highest BCUT2D eigenvalue weighted by Gasteiger charge is 2.30. The van der Waals surface area contributed by atoms with Crippen LogP contribution in [-0.2, 0) is 5.75 Å². The average Bonchev–Trinajstić information content (AvgIpc) is 2.86. The quantitative estimate of drug-likeness (QED) is 0.884. The maximum atomic E-state index is 9.17. The minimum absolute atomic E-state index is 0.212. The van der Waals surface area contributed by atoms with Crippen LogP contribution >= 0.6 is 11.8 Å². The van der Waals surface area contributed by atoms with Crippen LogP contribution in [0.4, 0.5) is 0 Å². The molecule has 18 heavy (non-hydrogen) atoms. The third-order valence-electron chi connectivity index (χ3n) is 4.07. The first-order valence-corrected chi connectivity index (χ1v) is 7.85. The van der Waals surface area contributed by atoms with E-state index < -0.39 is 0 Å². The second kappa shape index (κ2) is 5.34. The van der Waals surface area contributed by atoms with Crippen LogP contribution in [0.5, 0.6) is 0 Å². The number of nitrogens with zero attached hydrogens (tertiary/aromatic N) is 1. The highest BCUT2D eigenvalue weighted by Crippen LogP contribution is 2.34. The Balaban J connectivity index is 1.76. The highest BCUT2D eigenvalue weighted by atomic mass is 32.2. The highest BCUT2D eigenvalue weighted by molar-refractivity contribution is 7.98. The van der Waals surface area contributed by atoms with Crippen molar-refractivity contribution in [1.29, 1.82) is 5.26 Å². The maximum absolute atomic E-state index is 9.17. The van der Waals surface area contributed by atoms with Crippen molar-refractivity contribution >= 4 is 11.8 Å². The summed E-state index contributed by atoms with van der Waals surface area (Å²) in [5.41, 5.74) is 2.90. The van der Waals surface area contributed by atoms with Gasteiger partial charge in [0.25, 0.3) is 0 Å². The normalized spacial score (nSPS) is 30.7. The Hall–Kier alpha value is -0.980. The molecule has 1 aromatic rings. The minimum atomic E-state index is 0.212. The summed E-state index contributed by atoms with van der Waals surface area (Å²) in [5, 5.41) is 12.9. The van der Waals surface area contributed by atoms with Gasteiger partial charge >= 0.3 is 0 Å². The van der Waals surface area contributed by atoms with Crippen LogP contribution < -0.4 is 5.32 Å². The van der Waals surface area contributed by atoms with E-state index in [4.69, 9.17) is 5.26 Å². The maximum Gasteiger partial charge on any atom is 0.0672 e. The fraction of sp³-hybridized carbons (Fsp3) is 0.533. The zero-order valence-corrected chi connectivity index (χ0v) is 11.2. The molecule has 1 aliphatic heterocycles. The third-order valence-corrected chi connectivity index (χ3v) is 5.15. The number of fused-ring (bicyclic) bond motifs is 1. The van der Waals surface area contributed by atoms with Crippen molar-refractivity contribution in [3.8, 4) is 6.07 Å². The van der Waals surface area contributed by atoms with Crippen LogP contribution in [0.2, 0.25) is 0 Å². The molecule has 0 amide bonds. The van der Waals surface area contributed by atoms with E-state index in [0.717, 1.165) is 24.3 Å². The van der Waals surface area contributed by atoms with E-state index in [-0.39, 0.29) is 5.92 Å². The molecule has 94 valence electrons. The lowest BCUT2D eigenvalue weighted by molar-refractivity contribution is 0.418. The Kier molecular flexibility index (Phi) is 3.58. The fourth-order valence-electron chi connectivity index (χ4n) is 3.09. The van der Waals surface area contributed by atoms with E-state index in [9.17, 15) is 0 Å². The van der Waals surface area contributed by atoms with Gasteiger partial charge in [0.15, 0.2) is 0 Å². The summed E-state index contributed by atoms with van der Waals surface area (Å²) < 4.78 is 0. The van der Waals surface area contributed by atoms with Gasteiger partial charge in [0, 0.05) is 23.6 Å². The Morgan fingerprint density at radius 3 is 3.06 bits per heavy atom. The van der Waals surface area contributed by atoms with E-state index in [2.05, 4.69) is 35.7 Å². The molecule has 1 fully saturated rings. The smallest absolute Gasteiger partial charge is 0.0672 e. The number of hydrogen-bond acceptors (Lipinski definition) is 3. The van der Waals surface area contributed by atoms with E-state index >= 15 is 0 Å². The zero-order chi connectivity index (χ0) is 12.4. The first kappa shape index (κ1) is 12.1. The van der Waals surface area contributed by atoms with Crippen molar-refractivity contribution in [1.82, 2.24) is 5.32 Å². The van der Waals surface area contributed by atoms with Crippen LogP contribution in [0.1, 0.15) is 36.4 Å². The van der Waals surface area contributed by atoms with E-state index in [1.165, 1.54) is 17.5 Å². The molecule has 2 aliphatic rings. The first-order valence-electron chi connectivity index (χ1n) is 6.69. The van der Waals surface area contributed by atoms with Crippen LogP contribution in [0, 0.1) is 17.2 Å². The Morgan fingerprint density at radius 1 is 1.28 bits per heavy atom. The van der Waals surface area contributed by atoms with Gasteiger partial charge in [0.2, 0.25) is 0 Å². The van der Waals surface area contributed by atoms with Gasteiger partial charge in [0.1, 0.15) is 0 Å². The molecule has 0 bridgehead atoms. The topological polar surface area (TPSA) is 35.8 Å². The summed E-state index contributed by atoms with van der Waals surface area (Å²) in [4.78, 5) is 0. The summed E-state index contributed by atoms with van der Waals surface area (Å²) in [6.07, 6.45) is 3.41. The first-order chi connectivity index (χ1) is 8.88. The Bertz CT molecular complexity index is 466. The van der Waals surface area contributed by atoms with Crippen molar-refractivity contribution in [3.05, 3.63) is 35.4 Å². The van der Waals surface area contributed by atoms with E-state index in [1.54, 1.807) is 0 Å². The van der Waals surface area contributed by atoms with Gasteiger partial charge in [-0.2, -0.15) is 17.0 Å². The molecule has 3 atom stereocenters. The summed E-state index contributed by atoms with van der Waals surface area (Å²) in [6, 6.07) is 12.0. The predicted octanol–water partition coefficient (Wildman–Crippen LogP) is 3.26. The van der Waals surface area contributed by atoms with E-state index in [0.29, 0.717) is 12.1 Å².